The van der Waals surface area contributed by atoms with Gasteiger partial charge in [0.05, 0.1) is 5.60 Å². The van der Waals surface area contributed by atoms with Crippen LogP contribution in [-0.2, 0) is 4.79 Å². The molecule has 0 fully saturated rings. The molecule has 14 heavy (non-hydrogen) atoms. The fraction of sp³-hybridized carbons (Fsp3) is 0.727. The first-order valence-corrected chi connectivity index (χ1v) is 4.92. The van der Waals surface area contributed by atoms with Crippen LogP contribution in [0.15, 0.2) is 11.6 Å². The van der Waals surface area contributed by atoms with Crippen molar-refractivity contribution in [3.63, 3.8) is 0 Å². The molecule has 3 nitrogen and oxygen atoms in total. The van der Waals surface area contributed by atoms with Gasteiger partial charge in [-0.05, 0) is 27.2 Å². The molecule has 0 spiro atoms. The number of rotatable bonds is 4. The van der Waals surface area contributed by atoms with Crippen LogP contribution in [0, 0.1) is 0 Å². The second-order valence-corrected chi connectivity index (χ2v) is 4.27. The van der Waals surface area contributed by atoms with Gasteiger partial charge < -0.3 is 10.0 Å². The van der Waals surface area contributed by atoms with Gasteiger partial charge in [0.15, 0.2) is 0 Å². The summed E-state index contributed by atoms with van der Waals surface area (Å²) in [6, 6.07) is 0. The normalized spacial score (nSPS) is 12.9. The van der Waals surface area contributed by atoms with Crippen LogP contribution in [-0.4, -0.2) is 35.1 Å². The van der Waals surface area contributed by atoms with Gasteiger partial charge in [-0.25, -0.2) is 0 Å². The van der Waals surface area contributed by atoms with Gasteiger partial charge in [-0.1, -0.05) is 13.0 Å². The van der Waals surface area contributed by atoms with Crippen LogP contribution < -0.4 is 0 Å². The number of allylic oxidation sites excluding steroid dienone is 1. The van der Waals surface area contributed by atoms with Crippen molar-refractivity contribution in [3.8, 4) is 0 Å². The highest BCUT2D eigenvalue weighted by atomic mass is 16.3. The molecule has 0 heterocycles. The molecule has 0 aliphatic heterocycles. The molecule has 0 aliphatic carbocycles. The number of carbonyl (C=O) groups is 1. The van der Waals surface area contributed by atoms with E-state index in [4.69, 9.17) is 0 Å². The molecule has 3 heteroatoms. The van der Waals surface area contributed by atoms with Crippen molar-refractivity contribution in [2.24, 2.45) is 0 Å². The molecule has 0 aromatic carbocycles. The average Bonchev–Trinajstić information content (AvgIpc) is 2.00. The first-order valence-electron chi connectivity index (χ1n) is 4.92. The van der Waals surface area contributed by atoms with E-state index in [-0.39, 0.29) is 5.91 Å². The number of carbonyl (C=O) groups excluding carboxylic acids is 1. The molecule has 0 saturated heterocycles. The van der Waals surface area contributed by atoms with Crippen LogP contribution in [0.2, 0.25) is 0 Å². The highest BCUT2D eigenvalue weighted by molar-refractivity contribution is 5.92. The summed E-state index contributed by atoms with van der Waals surface area (Å²) in [5.74, 6) is -0.0195. The Hall–Kier alpha value is -0.830. The molecular weight excluding hydrogens is 178 g/mol. The van der Waals surface area contributed by atoms with E-state index in [9.17, 15) is 9.90 Å². The summed E-state index contributed by atoms with van der Waals surface area (Å²) in [6.45, 7) is 7.52. The Balaban J connectivity index is 4.34. The molecule has 0 radical (unpaired) electrons. The number of hydrogen-bond donors (Lipinski definition) is 1. The highest BCUT2D eigenvalue weighted by Crippen LogP contribution is 2.07. The minimum Gasteiger partial charge on any atom is -0.389 e. The quantitative estimate of drug-likeness (QED) is 0.698. The van der Waals surface area contributed by atoms with E-state index in [1.165, 1.54) is 0 Å². The van der Waals surface area contributed by atoms with Crippen molar-refractivity contribution < 1.29 is 9.90 Å². The summed E-state index contributed by atoms with van der Waals surface area (Å²) >= 11 is 0. The summed E-state index contributed by atoms with van der Waals surface area (Å²) in [5.41, 5.74) is -0.101. The SMILES string of the molecule is CCC=C(C)C(=O)N(C)CC(C)(C)O. The van der Waals surface area contributed by atoms with Crippen LogP contribution >= 0.6 is 0 Å². The van der Waals surface area contributed by atoms with Crippen LogP contribution in [0.1, 0.15) is 34.1 Å². The minimum atomic E-state index is -0.836. The van der Waals surface area contributed by atoms with Crippen molar-refractivity contribution in [1.29, 1.82) is 0 Å². The topological polar surface area (TPSA) is 40.5 Å². The standard InChI is InChI=1S/C11H21NO2/c1-6-7-9(2)10(13)12(5)8-11(3,4)14/h7,14H,6,8H2,1-5H3. The number of hydrogen-bond acceptors (Lipinski definition) is 2. The van der Waals surface area contributed by atoms with E-state index in [2.05, 4.69) is 0 Å². The fourth-order valence-electron chi connectivity index (χ4n) is 1.35. The summed E-state index contributed by atoms with van der Waals surface area (Å²) < 4.78 is 0. The molecule has 0 atom stereocenters. The molecule has 82 valence electrons. The van der Waals surface area contributed by atoms with Crippen molar-refractivity contribution >= 4 is 5.91 Å². The smallest absolute Gasteiger partial charge is 0.249 e. The Morgan fingerprint density at radius 1 is 1.50 bits per heavy atom. The predicted molar refractivity (Wildman–Crippen MR) is 58.0 cm³/mol. The maximum Gasteiger partial charge on any atom is 0.249 e. The molecule has 0 saturated carbocycles. The largest absolute Gasteiger partial charge is 0.389 e. The van der Waals surface area contributed by atoms with Gasteiger partial charge in [0.2, 0.25) is 5.91 Å². The second kappa shape index (κ2) is 5.15. The van der Waals surface area contributed by atoms with E-state index in [1.54, 1.807) is 32.7 Å². The van der Waals surface area contributed by atoms with E-state index in [1.807, 2.05) is 13.0 Å². The van der Waals surface area contributed by atoms with Gasteiger partial charge in [0.25, 0.3) is 0 Å². The molecular formula is C11H21NO2. The first-order chi connectivity index (χ1) is 6.28. The second-order valence-electron chi connectivity index (χ2n) is 4.27. The number of aliphatic hydroxyl groups is 1. The molecule has 0 aromatic heterocycles. The van der Waals surface area contributed by atoms with Crippen LogP contribution in [0.3, 0.4) is 0 Å². The Kier molecular flexibility index (Phi) is 4.85. The lowest BCUT2D eigenvalue weighted by molar-refractivity contribution is -0.128. The Bertz CT molecular complexity index is 226. The Morgan fingerprint density at radius 2 is 2.00 bits per heavy atom. The fourth-order valence-corrected chi connectivity index (χ4v) is 1.35. The maximum atomic E-state index is 11.7. The van der Waals surface area contributed by atoms with Gasteiger partial charge in [-0.2, -0.15) is 0 Å². The molecule has 0 unspecified atom stereocenters. The lowest BCUT2D eigenvalue weighted by Crippen LogP contribution is -2.40. The highest BCUT2D eigenvalue weighted by Gasteiger charge is 2.19. The van der Waals surface area contributed by atoms with Gasteiger partial charge in [-0.3, -0.25) is 4.79 Å². The molecule has 0 rings (SSSR count). The zero-order chi connectivity index (χ0) is 11.4. The zero-order valence-electron chi connectivity index (χ0n) is 9.79. The predicted octanol–water partition coefficient (Wildman–Crippen LogP) is 1.57. The van der Waals surface area contributed by atoms with Crippen LogP contribution in [0.25, 0.3) is 0 Å². The first kappa shape index (κ1) is 13.2. The third-order valence-corrected chi connectivity index (χ3v) is 1.82. The lowest BCUT2D eigenvalue weighted by Gasteiger charge is -2.25. The summed E-state index contributed by atoms with van der Waals surface area (Å²) in [5, 5.41) is 9.54. The van der Waals surface area contributed by atoms with Gasteiger partial charge >= 0.3 is 0 Å². The lowest BCUT2D eigenvalue weighted by atomic mass is 10.1. The number of nitrogens with zero attached hydrogens (tertiary/aromatic N) is 1. The van der Waals surface area contributed by atoms with E-state index in [0.717, 1.165) is 12.0 Å². The minimum absolute atomic E-state index is 0.0195. The third kappa shape index (κ3) is 5.02. The molecule has 0 bridgehead atoms. The molecule has 0 aromatic rings. The molecule has 1 amide bonds. The molecule has 0 aliphatic rings. The van der Waals surface area contributed by atoms with Crippen molar-refractivity contribution in [2.75, 3.05) is 13.6 Å². The van der Waals surface area contributed by atoms with Crippen molar-refractivity contribution in [1.82, 2.24) is 4.90 Å². The van der Waals surface area contributed by atoms with Crippen LogP contribution in [0.4, 0.5) is 0 Å². The summed E-state index contributed by atoms with van der Waals surface area (Å²) in [7, 11) is 1.70. The van der Waals surface area contributed by atoms with E-state index < -0.39 is 5.60 Å². The monoisotopic (exact) mass is 199 g/mol. The van der Waals surface area contributed by atoms with Gasteiger partial charge in [0.1, 0.15) is 0 Å². The summed E-state index contributed by atoms with van der Waals surface area (Å²) in [6.07, 6.45) is 2.75. The summed E-state index contributed by atoms with van der Waals surface area (Å²) in [4.78, 5) is 13.2. The van der Waals surface area contributed by atoms with Crippen molar-refractivity contribution in [2.45, 2.75) is 39.7 Å². The van der Waals surface area contributed by atoms with E-state index >= 15 is 0 Å². The zero-order valence-corrected chi connectivity index (χ0v) is 9.79. The third-order valence-electron chi connectivity index (χ3n) is 1.82. The van der Waals surface area contributed by atoms with Gasteiger partial charge in [0, 0.05) is 19.2 Å². The number of likely N-dealkylation sites (N-methyl/N-ethyl adjacent to an activating group) is 1. The van der Waals surface area contributed by atoms with E-state index in [0.29, 0.717) is 6.54 Å². The number of amides is 1. The van der Waals surface area contributed by atoms with Crippen molar-refractivity contribution in [3.05, 3.63) is 11.6 Å². The average molecular weight is 199 g/mol. The van der Waals surface area contributed by atoms with Gasteiger partial charge in [-0.15, -0.1) is 0 Å². The molecule has 1 N–H and O–H groups in total. The van der Waals surface area contributed by atoms with Crippen LogP contribution in [0.5, 0.6) is 0 Å². The maximum absolute atomic E-state index is 11.7. The Morgan fingerprint density at radius 3 is 2.36 bits per heavy atom. The Labute approximate surface area is 86.4 Å².